The number of hydrogen-bond acceptors (Lipinski definition) is 2. The van der Waals surface area contributed by atoms with Gasteiger partial charge in [0.15, 0.2) is 0 Å². The number of likely N-dealkylation sites (tertiary alicyclic amines) is 1. The van der Waals surface area contributed by atoms with E-state index in [1.165, 1.54) is 32.1 Å². The zero-order valence-electron chi connectivity index (χ0n) is 11.2. The van der Waals surface area contributed by atoms with Gasteiger partial charge in [-0.2, -0.15) is 0 Å². The number of rotatable bonds is 3. The second-order valence-corrected chi connectivity index (χ2v) is 6.12. The zero-order valence-corrected chi connectivity index (χ0v) is 11.2. The van der Waals surface area contributed by atoms with Gasteiger partial charge in [0.05, 0.1) is 0 Å². The van der Waals surface area contributed by atoms with Crippen LogP contribution in [0.1, 0.15) is 43.7 Å². The van der Waals surface area contributed by atoms with Crippen LogP contribution in [0.3, 0.4) is 0 Å². The van der Waals surface area contributed by atoms with Gasteiger partial charge in [0.1, 0.15) is 6.04 Å². The highest BCUT2D eigenvalue weighted by molar-refractivity contribution is 5.75. The molecule has 1 spiro atoms. The lowest BCUT2D eigenvalue weighted by molar-refractivity contribution is -0.151. The Balaban J connectivity index is 1.72. The molecule has 1 unspecified atom stereocenters. The van der Waals surface area contributed by atoms with Gasteiger partial charge in [-0.3, -0.25) is 9.69 Å². The predicted molar refractivity (Wildman–Crippen MR) is 73.9 cm³/mol. The van der Waals surface area contributed by atoms with Gasteiger partial charge < -0.3 is 5.11 Å². The van der Waals surface area contributed by atoms with E-state index in [4.69, 9.17) is 0 Å². The summed E-state index contributed by atoms with van der Waals surface area (Å²) in [5.74, 6) is -0.725. The standard InChI is InChI=1S/C16H21NO2/c18-15(19)14(13-7-3-1-4-8-13)17-11-16(12-17)9-5-2-6-10-16/h1,3-4,7-8,14H,2,5-6,9-12H2,(H,18,19). The zero-order chi connectivity index (χ0) is 13.3. The van der Waals surface area contributed by atoms with Crippen LogP contribution in [0.25, 0.3) is 0 Å². The Hall–Kier alpha value is -1.35. The molecule has 1 N–H and O–H groups in total. The van der Waals surface area contributed by atoms with Gasteiger partial charge in [-0.15, -0.1) is 0 Å². The van der Waals surface area contributed by atoms with Crippen LogP contribution < -0.4 is 0 Å². The lowest BCUT2D eigenvalue weighted by atomic mass is 9.68. The molecule has 1 aliphatic carbocycles. The van der Waals surface area contributed by atoms with Gasteiger partial charge in [-0.05, 0) is 23.8 Å². The van der Waals surface area contributed by atoms with E-state index >= 15 is 0 Å². The molecular weight excluding hydrogens is 238 g/mol. The van der Waals surface area contributed by atoms with Crippen molar-refractivity contribution in [3.63, 3.8) is 0 Å². The molecule has 0 bridgehead atoms. The minimum atomic E-state index is -0.725. The van der Waals surface area contributed by atoms with Gasteiger partial charge >= 0.3 is 5.97 Å². The smallest absolute Gasteiger partial charge is 0.325 e. The summed E-state index contributed by atoms with van der Waals surface area (Å²) in [4.78, 5) is 13.7. The number of benzene rings is 1. The first kappa shape index (κ1) is 12.7. The molecule has 2 aliphatic rings. The average Bonchev–Trinajstić information content (AvgIpc) is 2.39. The van der Waals surface area contributed by atoms with E-state index in [9.17, 15) is 9.90 Å². The van der Waals surface area contributed by atoms with E-state index in [1.807, 2.05) is 30.3 Å². The highest BCUT2D eigenvalue weighted by Gasteiger charge is 2.47. The molecule has 1 aromatic carbocycles. The summed E-state index contributed by atoms with van der Waals surface area (Å²) in [6.45, 7) is 1.91. The minimum Gasteiger partial charge on any atom is -0.480 e. The van der Waals surface area contributed by atoms with E-state index < -0.39 is 12.0 Å². The van der Waals surface area contributed by atoms with E-state index in [0.29, 0.717) is 5.41 Å². The van der Waals surface area contributed by atoms with Crippen LogP contribution in [0.5, 0.6) is 0 Å². The third-order valence-corrected chi connectivity index (χ3v) is 4.71. The van der Waals surface area contributed by atoms with Crippen molar-refractivity contribution in [1.82, 2.24) is 4.90 Å². The molecule has 1 saturated heterocycles. The van der Waals surface area contributed by atoms with Crippen molar-refractivity contribution in [2.45, 2.75) is 38.1 Å². The van der Waals surface area contributed by atoms with Crippen LogP contribution in [0, 0.1) is 5.41 Å². The van der Waals surface area contributed by atoms with Crippen LogP contribution in [-0.4, -0.2) is 29.1 Å². The minimum absolute atomic E-state index is 0.431. The molecular formula is C16H21NO2. The Morgan fingerprint density at radius 1 is 1.11 bits per heavy atom. The summed E-state index contributed by atoms with van der Waals surface area (Å²) in [6.07, 6.45) is 6.55. The molecule has 0 radical (unpaired) electrons. The van der Waals surface area contributed by atoms with E-state index in [0.717, 1.165) is 18.7 Å². The number of nitrogens with zero attached hydrogens (tertiary/aromatic N) is 1. The maximum atomic E-state index is 11.6. The second-order valence-electron chi connectivity index (χ2n) is 6.12. The predicted octanol–water partition coefficient (Wildman–Crippen LogP) is 3.08. The maximum Gasteiger partial charge on any atom is 0.325 e. The molecule has 0 amide bonds. The summed E-state index contributed by atoms with van der Waals surface area (Å²) in [7, 11) is 0. The molecule has 1 aromatic rings. The summed E-state index contributed by atoms with van der Waals surface area (Å²) in [5.41, 5.74) is 1.33. The molecule has 19 heavy (non-hydrogen) atoms. The molecule has 3 heteroatoms. The van der Waals surface area contributed by atoms with Crippen molar-refractivity contribution in [2.24, 2.45) is 5.41 Å². The molecule has 1 atom stereocenters. The third-order valence-electron chi connectivity index (χ3n) is 4.71. The molecule has 3 rings (SSSR count). The summed E-state index contributed by atoms with van der Waals surface area (Å²) < 4.78 is 0. The van der Waals surface area contributed by atoms with Crippen molar-refractivity contribution in [1.29, 1.82) is 0 Å². The number of carbonyl (C=O) groups is 1. The van der Waals surface area contributed by atoms with Gasteiger partial charge in [0.25, 0.3) is 0 Å². The molecule has 1 saturated carbocycles. The monoisotopic (exact) mass is 259 g/mol. The molecule has 2 fully saturated rings. The number of carboxylic acids is 1. The molecule has 102 valence electrons. The number of carboxylic acid groups (broad SMARTS) is 1. The Kier molecular flexibility index (Phi) is 3.31. The van der Waals surface area contributed by atoms with E-state index in [1.54, 1.807) is 0 Å². The van der Waals surface area contributed by atoms with Crippen LogP contribution >= 0.6 is 0 Å². The first-order valence-electron chi connectivity index (χ1n) is 7.22. The van der Waals surface area contributed by atoms with Crippen molar-refractivity contribution in [3.05, 3.63) is 35.9 Å². The Bertz CT molecular complexity index is 443. The quantitative estimate of drug-likeness (QED) is 0.907. The highest BCUT2D eigenvalue weighted by Crippen LogP contribution is 2.46. The van der Waals surface area contributed by atoms with Crippen molar-refractivity contribution >= 4 is 5.97 Å². The van der Waals surface area contributed by atoms with Crippen molar-refractivity contribution in [3.8, 4) is 0 Å². The summed E-state index contributed by atoms with van der Waals surface area (Å²) in [5, 5.41) is 9.51. The lowest BCUT2D eigenvalue weighted by Gasteiger charge is -2.54. The first-order chi connectivity index (χ1) is 9.20. The maximum absolute atomic E-state index is 11.6. The van der Waals surface area contributed by atoms with Crippen LogP contribution in [0.2, 0.25) is 0 Å². The molecule has 1 heterocycles. The Labute approximate surface area is 114 Å². The average molecular weight is 259 g/mol. The topological polar surface area (TPSA) is 40.5 Å². The first-order valence-corrected chi connectivity index (χ1v) is 7.22. The molecule has 0 aromatic heterocycles. The second kappa shape index (κ2) is 4.97. The Morgan fingerprint density at radius 2 is 1.74 bits per heavy atom. The van der Waals surface area contributed by atoms with Crippen molar-refractivity contribution < 1.29 is 9.90 Å². The van der Waals surface area contributed by atoms with Gasteiger partial charge in [-0.25, -0.2) is 0 Å². The molecule has 1 aliphatic heterocycles. The largest absolute Gasteiger partial charge is 0.480 e. The summed E-state index contributed by atoms with van der Waals surface area (Å²) >= 11 is 0. The fourth-order valence-corrected chi connectivity index (χ4v) is 3.76. The SMILES string of the molecule is O=C(O)C(c1ccccc1)N1CC2(CCCCC2)C1. The van der Waals surface area contributed by atoms with Gasteiger partial charge in [0, 0.05) is 13.1 Å². The van der Waals surface area contributed by atoms with E-state index in [2.05, 4.69) is 4.90 Å². The normalized spacial score (nSPS) is 23.8. The van der Waals surface area contributed by atoms with Crippen LogP contribution in [0.15, 0.2) is 30.3 Å². The fourth-order valence-electron chi connectivity index (χ4n) is 3.76. The van der Waals surface area contributed by atoms with Gasteiger partial charge in [-0.1, -0.05) is 49.6 Å². The Morgan fingerprint density at radius 3 is 2.32 bits per heavy atom. The van der Waals surface area contributed by atoms with Crippen LogP contribution in [-0.2, 0) is 4.79 Å². The number of hydrogen-bond donors (Lipinski definition) is 1. The van der Waals surface area contributed by atoms with Crippen molar-refractivity contribution in [2.75, 3.05) is 13.1 Å². The van der Waals surface area contributed by atoms with E-state index in [-0.39, 0.29) is 0 Å². The lowest BCUT2D eigenvalue weighted by Crippen LogP contribution is -2.59. The third kappa shape index (κ3) is 2.39. The highest BCUT2D eigenvalue weighted by atomic mass is 16.4. The fraction of sp³-hybridized carbons (Fsp3) is 0.562. The van der Waals surface area contributed by atoms with Gasteiger partial charge in [0.2, 0.25) is 0 Å². The number of aliphatic carboxylic acids is 1. The summed E-state index contributed by atoms with van der Waals surface area (Å²) in [6, 6.07) is 9.15. The van der Waals surface area contributed by atoms with Crippen LogP contribution in [0.4, 0.5) is 0 Å². The molecule has 3 nitrogen and oxygen atoms in total.